The minimum Gasteiger partial charge on any atom is -0.461 e. The fraction of sp³-hybridized carbons (Fsp3) is 0.286. The molecule has 1 aromatic heterocycles. The molecular weight excluding hydrogens is 342 g/mol. The van der Waals surface area contributed by atoms with Crippen LogP contribution in [-0.2, 0) is 4.74 Å². The van der Waals surface area contributed by atoms with Crippen LogP contribution in [-0.4, -0.2) is 46.0 Å². The van der Waals surface area contributed by atoms with E-state index in [9.17, 15) is 5.11 Å². The van der Waals surface area contributed by atoms with Crippen molar-refractivity contribution in [1.82, 2.24) is 15.0 Å². The Morgan fingerprint density at radius 3 is 1.85 bits per heavy atom. The van der Waals surface area contributed by atoms with Crippen LogP contribution < -0.4 is 4.74 Å². The summed E-state index contributed by atoms with van der Waals surface area (Å²) in [4.78, 5) is 13.5. The smallest absolute Gasteiger partial charge is 0.320 e. The number of hydrogen-bond acceptors (Lipinski definition) is 6. The largest absolute Gasteiger partial charge is 0.461 e. The Hall–Kier alpha value is -2.83. The molecule has 3 rings (SSSR count). The second kappa shape index (κ2) is 9.75. The molecule has 1 atom stereocenters. The molecule has 0 bridgehead atoms. The van der Waals surface area contributed by atoms with Gasteiger partial charge in [-0.25, -0.2) is 4.98 Å². The lowest BCUT2D eigenvalue weighted by Gasteiger charge is -2.09. The predicted molar refractivity (Wildman–Crippen MR) is 103 cm³/mol. The van der Waals surface area contributed by atoms with E-state index >= 15 is 0 Å². The highest BCUT2D eigenvalue weighted by Crippen LogP contribution is 2.22. The molecule has 1 N–H and O–H groups in total. The number of rotatable bonds is 9. The molecule has 0 fully saturated rings. The molecule has 6 heteroatoms. The molecule has 0 aliphatic heterocycles. The molecule has 140 valence electrons. The molecule has 1 unspecified atom stereocenters. The number of benzene rings is 2. The first kappa shape index (κ1) is 18.9. The molecule has 0 amide bonds. The highest BCUT2D eigenvalue weighted by molar-refractivity contribution is 5.61. The topological polar surface area (TPSA) is 77.4 Å². The van der Waals surface area contributed by atoms with Gasteiger partial charge in [0.15, 0.2) is 11.6 Å². The summed E-state index contributed by atoms with van der Waals surface area (Å²) in [5.41, 5.74) is 1.80. The Morgan fingerprint density at radius 1 is 0.778 bits per heavy atom. The van der Waals surface area contributed by atoms with Crippen molar-refractivity contribution in [2.45, 2.75) is 19.4 Å². The third kappa shape index (κ3) is 5.84. The molecule has 1 heterocycles. The predicted octanol–water partition coefficient (Wildman–Crippen LogP) is 3.37. The minimum atomic E-state index is -0.365. The van der Waals surface area contributed by atoms with Crippen molar-refractivity contribution in [3.63, 3.8) is 0 Å². The normalized spacial score (nSPS) is 11.9. The van der Waals surface area contributed by atoms with E-state index in [0.29, 0.717) is 37.9 Å². The average molecular weight is 365 g/mol. The van der Waals surface area contributed by atoms with Gasteiger partial charge in [-0.2, -0.15) is 9.97 Å². The summed E-state index contributed by atoms with van der Waals surface area (Å²) in [6.45, 7) is 2.95. The van der Waals surface area contributed by atoms with Crippen LogP contribution in [0.15, 0.2) is 60.7 Å². The third-order valence-electron chi connectivity index (χ3n) is 3.82. The second-order valence-corrected chi connectivity index (χ2v) is 6.10. The van der Waals surface area contributed by atoms with Gasteiger partial charge in [0.1, 0.15) is 6.61 Å². The number of hydrogen-bond donors (Lipinski definition) is 1. The van der Waals surface area contributed by atoms with Gasteiger partial charge in [-0.1, -0.05) is 60.7 Å². The summed E-state index contributed by atoms with van der Waals surface area (Å²) < 4.78 is 11.1. The number of aliphatic hydroxyl groups is 1. The molecule has 0 spiro atoms. The van der Waals surface area contributed by atoms with Crippen molar-refractivity contribution in [2.24, 2.45) is 0 Å². The molecule has 2 aromatic carbocycles. The van der Waals surface area contributed by atoms with E-state index in [-0.39, 0.29) is 12.1 Å². The highest BCUT2D eigenvalue weighted by atomic mass is 16.5. The van der Waals surface area contributed by atoms with Gasteiger partial charge in [-0.3, -0.25) is 0 Å². The van der Waals surface area contributed by atoms with E-state index in [1.54, 1.807) is 6.92 Å². The van der Waals surface area contributed by atoms with Crippen molar-refractivity contribution in [3.8, 4) is 28.8 Å². The summed E-state index contributed by atoms with van der Waals surface area (Å²) in [5, 5.41) is 9.23. The van der Waals surface area contributed by atoms with Gasteiger partial charge < -0.3 is 14.6 Å². The van der Waals surface area contributed by atoms with Crippen molar-refractivity contribution in [3.05, 3.63) is 60.7 Å². The lowest BCUT2D eigenvalue weighted by molar-refractivity contribution is 0.0684. The minimum absolute atomic E-state index is 0.266. The van der Waals surface area contributed by atoms with Crippen LogP contribution >= 0.6 is 0 Å². The van der Waals surface area contributed by atoms with Gasteiger partial charge in [-0.05, 0) is 13.3 Å². The Labute approximate surface area is 158 Å². The van der Waals surface area contributed by atoms with E-state index in [1.165, 1.54) is 0 Å². The van der Waals surface area contributed by atoms with Crippen molar-refractivity contribution >= 4 is 0 Å². The monoisotopic (exact) mass is 365 g/mol. The molecule has 27 heavy (non-hydrogen) atoms. The van der Waals surface area contributed by atoms with Crippen LogP contribution in [0.25, 0.3) is 22.8 Å². The van der Waals surface area contributed by atoms with E-state index in [0.717, 1.165) is 11.1 Å². The average Bonchev–Trinajstić information content (AvgIpc) is 2.71. The van der Waals surface area contributed by atoms with Crippen LogP contribution in [0, 0.1) is 0 Å². The van der Waals surface area contributed by atoms with Crippen LogP contribution in [0.3, 0.4) is 0 Å². The van der Waals surface area contributed by atoms with Gasteiger partial charge in [-0.15, -0.1) is 0 Å². The molecule has 0 aliphatic carbocycles. The maximum atomic E-state index is 9.23. The summed E-state index contributed by atoms with van der Waals surface area (Å²) in [6.07, 6.45) is 0.235. The fourth-order valence-electron chi connectivity index (χ4n) is 2.40. The van der Waals surface area contributed by atoms with Gasteiger partial charge in [0, 0.05) is 17.7 Å². The van der Waals surface area contributed by atoms with E-state index in [1.807, 2.05) is 60.7 Å². The number of aromatic nitrogens is 3. The lowest BCUT2D eigenvalue weighted by atomic mass is 10.2. The van der Waals surface area contributed by atoms with Gasteiger partial charge >= 0.3 is 6.01 Å². The van der Waals surface area contributed by atoms with Crippen LogP contribution in [0.1, 0.15) is 13.3 Å². The van der Waals surface area contributed by atoms with E-state index in [2.05, 4.69) is 15.0 Å². The zero-order valence-corrected chi connectivity index (χ0v) is 15.3. The maximum absolute atomic E-state index is 9.23. The number of nitrogens with zero attached hydrogens (tertiary/aromatic N) is 3. The third-order valence-corrected chi connectivity index (χ3v) is 3.82. The Balaban J connectivity index is 1.74. The lowest BCUT2D eigenvalue weighted by Crippen LogP contribution is -2.12. The molecule has 6 nitrogen and oxygen atoms in total. The highest BCUT2D eigenvalue weighted by Gasteiger charge is 2.11. The Bertz CT molecular complexity index is 769. The summed E-state index contributed by atoms with van der Waals surface area (Å²) in [5.74, 6) is 1.13. The van der Waals surface area contributed by atoms with Gasteiger partial charge in [0.2, 0.25) is 0 Å². The van der Waals surface area contributed by atoms with E-state index < -0.39 is 0 Å². The molecule has 0 saturated carbocycles. The zero-order chi connectivity index (χ0) is 18.9. The summed E-state index contributed by atoms with van der Waals surface area (Å²) >= 11 is 0. The first-order valence-electron chi connectivity index (χ1n) is 8.98. The fourth-order valence-corrected chi connectivity index (χ4v) is 2.40. The molecule has 0 aliphatic rings. The molecule has 3 aromatic rings. The zero-order valence-electron chi connectivity index (χ0n) is 15.3. The standard InChI is InChI=1S/C21H23N3O3/c1-16(25)12-13-26-14-15-27-21-23-19(17-8-4-2-5-9-17)22-20(24-21)18-10-6-3-7-11-18/h2-11,16,25H,12-15H2,1H3. The number of ether oxygens (including phenoxy) is 2. The second-order valence-electron chi connectivity index (χ2n) is 6.10. The molecule has 0 radical (unpaired) electrons. The van der Waals surface area contributed by atoms with Gasteiger partial charge in [0.05, 0.1) is 12.7 Å². The first-order valence-corrected chi connectivity index (χ1v) is 8.98. The quantitative estimate of drug-likeness (QED) is 0.586. The van der Waals surface area contributed by atoms with Gasteiger partial charge in [0.25, 0.3) is 0 Å². The Kier molecular flexibility index (Phi) is 6.84. The van der Waals surface area contributed by atoms with Crippen LogP contribution in [0.2, 0.25) is 0 Å². The van der Waals surface area contributed by atoms with Crippen LogP contribution in [0.4, 0.5) is 0 Å². The Morgan fingerprint density at radius 2 is 1.33 bits per heavy atom. The SMILES string of the molecule is CC(O)CCOCCOc1nc(-c2ccccc2)nc(-c2ccccc2)n1. The number of aliphatic hydroxyl groups excluding tert-OH is 1. The van der Waals surface area contributed by atoms with Crippen molar-refractivity contribution in [2.75, 3.05) is 19.8 Å². The van der Waals surface area contributed by atoms with Crippen molar-refractivity contribution in [1.29, 1.82) is 0 Å². The van der Waals surface area contributed by atoms with Crippen molar-refractivity contribution < 1.29 is 14.6 Å². The van der Waals surface area contributed by atoms with Crippen LogP contribution in [0.5, 0.6) is 6.01 Å². The summed E-state index contributed by atoms with van der Waals surface area (Å²) in [7, 11) is 0. The summed E-state index contributed by atoms with van der Waals surface area (Å²) in [6, 6.07) is 19.7. The molecule has 0 saturated heterocycles. The molecular formula is C21H23N3O3. The van der Waals surface area contributed by atoms with E-state index in [4.69, 9.17) is 9.47 Å². The first-order chi connectivity index (χ1) is 13.2. The maximum Gasteiger partial charge on any atom is 0.320 e.